The maximum atomic E-state index is 12.1. The first-order valence-corrected chi connectivity index (χ1v) is 5.30. The fraction of sp³-hybridized carbons (Fsp3) is 0.0714. The van der Waals surface area contributed by atoms with Gasteiger partial charge in [-0.05, 0) is 29.3 Å². The van der Waals surface area contributed by atoms with Crippen LogP contribution < -0.4 is 4.74 Å². The van der Waals surface area contributed by atoms with E-state index in [0.29, 0.717) is 17.4 Å². The third-order valence-corrected chi connectivity index (χ3v) is 2.46. The number of alkyl halides is 2. The molecular formula is C14H10F2O2. The number of rotatable bonds is 4. The molecule has 0 aromatic heterocycles. The topological polar surface area (TPSA) is 26.3 Å². The van der Waals surface area contributed by atoms with Crippen LogP contribution >= 0.6 is 0 Å². The highest BCUT2D eigenvalue weighted by Gasteiger charge is 2.09. The minimum atomic E-state index is -2.88. The number of carbonyl (C=O) groups is 1. The number of halogens is 2. The molecule has 2 aromatic carbocycles. The zero-order valence-electron chi connectivity index (χ0n) is 9.35. The summed E-state index contributed by atoms with van der Waals surface area (Å²) in [5, 5.41) is 0. The highest BCUT2D eigenvalue weighted by molar-refractivity contribution is 5.88. The lowest BCUT2D eigenvalue weighted by molar-refractivity contribution is -0.0498. The van der Waals surface area contributed by atoms with Crippen LogP contribution in [-0.4, -0.2) is 12.9 Å². The standard InChI is InChI=1S/C14H10F2O2/c15-14(16)18-12-7-6-11(9-17)13(8-12)10-4-2-1-3-5-10/h1-9,14H. The maximum absolute atomic E-state index is 12.1. The summed E-state index contributed by atoms with van der Waals surface area (Å²) in [5.41, 5.74) is 1.78. The van der Waals surface area contributed by atoms with Gasteiger partial charge >= 0.3 is 6.61 Å². The molecule has 4 heteroatoms. The van der Waals surface area contributed by atoms with Gasteiger partial charge in [0.25, 0.3) is 0 Å². The summed E-state index contributed by atoms with van der Waals surface area (Å²) in [4.78, 5) is 10.9. The first-order chi connectivity index (χ1) is 8.70. The Bertz CT molecular complexity index is 539. The van der Waals surface area contributed by atoms with Crippen molar-refractivity contribution in [3.05, 3.63) is 54.1 Å². The second-order valence-corrected chi connectivity index (χ2v) is 3.61. The average molecular weight is 248 g/mol. The zero-order chi connectivity index (χ0) is 13.0. The second kappa shape index (κ2) is 5.40. The normalized spacial score (nSPS) is 10.4. The van der Waals surface area contributed by atoms with E-state index in [1.807, 2.05) is 18.2 Å². The molecule has 0 spiro atoms. The SMILES string of the molecule is O=Cc1ccc(OC(F)F)cc1-c1ccccc1. The minimum Gasteiger partial charge on any atom is -0.435 e. The van der Waals surface area contributed by atoms with Gasteiger partial charge in [-0.2, -0.15) is 8.78 Å². The number of hydrogen-bond acceptors (Lipinski definition) is 2. The van der Waals surface area contributed by atoms with Crippen molar-refractivity contribution in [1.82, 2.24) is 0 Å². The van der Waals surface area contributed by atoms with Crippen molar-refractivity contribution in [2.45, 2.75) is 6.61 Å². The molecule has 0 radical (unpaired) electrons. The summed E-state index contributed by atoms with van der Waals surface area (Å²) < 4.78 is 28.6. The molecule has 0 atom stereocenters. The molecule has 0 heterocycles. The quantitative estimate of drug-likeness (QED) is 0.770. The van der Waals surface area contributed by atoms with Gasteiger partial charge in [-0.25, -0.2) is 0 Å². The summed E-state index contributed by atoms with van der Waals surface area (Å²) in [6, 6.07) is 13.3. The molecule has 0 bridgehead atoms. The molecule has 18 heavy (non-hydrogen) atoms. The van der Waals surface area contributed by atoms with Crippen LogP contribution in [0.25, 0.3) is 11.1 Å². The predicted octanol–water partition coefficient (Wildman–Crippen LogP) is 3.77. The molecular weight excluding hydrogens is 238 g/mol. The Labute approximate surface area is 103 Å². The molecule has 0 fully saturated rings. The van der Waals surface area contributed by atoms with E-state index in [-0.39, 0.29) is 5.75 Å². The van der Waals surface area contributed by atoms with Gasteiger partial charge < -0.3 is 4.74 Å². The largest absolute Gasteiger partial charge is 0.435 e. The number of aldehydes is 1. The fourth-order valence-corrected chi connectivity index (χ4v) is 1.68. The van der Waals surface area contributed by atoms with Crippen LogP contribution in [0.3, 0.4) is 0 Å². The van der Waals surface area contributed by atoms with Gasteiger partial charge in [-0.1, -0.05) is 30.3 Å². The number of hydrogen-bond donors (Lipinski definition) is 0. The van der Waals surface area contributed by atoms with E-state index >= 15 is 0 Å². The summed E-state index contributed by atoms with van der Waals surface area (Å²) in [6.07, 6.45) is 0.689. The van der Waals surface area contributed by atoms with Crippen LogP contribution in [0.4, 0.5) is 8.78 Å². The van der Waals surface area contributed by atoms with Gasteiger partial charge in [0.15, 0.2) is 6.29 Å². The Morgan fingerprint density at radius 2 is 1.78 bits per heavy atom. The van der Waals surface area contributed by atoms with Crippen LogP contribution in [0.5, 0.6) is 5.75 Å². The first-order valence-electron chi connectivity index (χ1n) is 5.30. The van der Waals surface area contributed by atoms with E-state index in [9.17, 15) is 13.6 Å². The lowest BCUT2D eigenvalue weighted by atomic mass is 10.0. The summed E-state index contributed by atoms with van der Waals surface area (Å²) in [5.74, 6) is 0.0365. The number of carbonyl (C=O) groups excluding carboxylic acids is 1. The van der Waals surface area contributed by atoms with E-state index < -0.39 is 6.61 Å². The Kier molecular flexibility index (Phi) is 3.67. The molecule has 2 nitrogen and oxygen atoms in total. The molecule has 0 N–H and O–H groups in total. The van der Waals surface area contributed by atoms with Crippen LogP contribution in [0.2, 0.25) is 0 Å². The van der Waals surface area contributed by atoms with Crippen LogP contribution in [0.15, 0.2) is 48.5 Å². The van der Waals surface area contributed by atoms with Crippen molar-refractivity contribution < 1.29 is 18.3 Å². The summed E-state index contributed by atoms with van der Waals surface area (Å²) >= 11 is 0. The van der Waals surface area contributed by atoms with Crippen molar-refractivity contribution >= 4 is 6.29 Å². The summed E-state index contributed by atoms with van der Waals surface area (Å²) in [6.45, 7) is -2.88. The fourth-order valence-electron chi connectivity index (χ4n) is 1.68. The van der Waals surface area contributed by atoms with Crippen molar-refractivity contribution in [3.8, 4) is 16.9 Å². The van der Waals surface area contributed by atoms with Crippen molar-refractivity contribution in [3.63, 3.8) is 0 Å². The molecule has 92 valence electrons. The zero-order valence-corrected chi connectivity index (χ0v) is 9.35. The van der Waals surface area contributed by atoms with Gasteiger partial charge in [0.05, 0.1) is 0 Å². The lowest BCUT2D eigenvalue weighted by Gasteiger charge is -2.09. The van der Waals surface area contributed by atoms with E-state index in [1.165, 1.54) is 18.2 Å². The highest BCUT2D eigenvalue weighted by atomic mass is 19.3. The van der Waals surface area contributed by atoms with E-state index in [1.54, 1.807) is 12.1 Å². The van der Waals surface area contributed by atoms with E-state index in [2.05, 4.69) is 4.74 Å². The molecule has 2 rings (SSSR count). The van der Waals surface area contributed by atoms with Gasteiger partial charge in [0, 0.05) is 5.56 Å². The number of ether oxygens (including phenoxy) is 1. The molecule has 0 aliphatic rings. The Balaban J connectivity index is 2.46. The van der Waals surface area contributed by atoms with Crippen molar-refractivity contribution in [2.75, 3.05) is 0 Å². The van der Waals surface area contributed by atoms with Crippen molar-refractivity contribution in [2.24, 2.45) is 0 Å². The van der Waals surface area contributed by atoms with Gasteiger partial charge in [0.2, 0.25) is 0 Å². The number of benzene rings is 2. The molecule has 2 aromatic rings. The van der Waals surface area contributed by atoms with Crippen LogP contribution in [0.1, 0.15) is 10.4 Å². The Hall–Kier alpha value is -2.23. The molecule has 0 unspecified atom stereocenters. The smallest absolute Gasteiger partial charge is 0.387 e. The third-order valence-electron chi connectivity index (χ3n) is 2.46. The molecule has 0 aliphatic heterocycles. The Morgan fingerprint density at radius 1 is 1.06 bits per heavy atom. The van der Waals surface area contributed by atoms with Crippen LogP contribution in [-0.2, 0) is 0 Å². The molecule has 0 amide bonds. The lowest BCUT2D eigenvalue weighted by Crippen LogP contribution is -2.02. The Morgan fingerprint density at radius 3 is 2.39 bits per heavy atom. The molecule has 0 saturated carbocycles. The summed E-state index contributed by atoms with van der Waals surface area (Å²) in [7, 11) is 0. The maximum Gasteiger partial charge on any atom is 0.387 e. The van der Waals surface area contributed by atoms with Crippen molar-refractivity contribution in [1.29, 1.82) is 0 Å². The molecule has 0 saturated heterocycles. The van der Waals surface area contributed by atoms with E-state index in [4.69, 9.17) is 0 Å². The highest BCUT2D eigenvalue weighted by Crippen LogP contribution is 2.27. The van der Waals surface area contributed by atoms with Crippen LogP contribution in [0, 0.1) is 0 Å². The average Bonchev–Trinajstić information content (AvgIpc) is 2.39. The third kappa shape index (κ3) is 2.71. The minimum absolute atomic E-state index is 0.0365. The first kappa shape index (κ1) is 12.2. The van der Waals surface area contributed by atoms with E-state index in [0.717, 1.165) is 5.56 Å². The predicted molar refractivity (Wildman–Crippen MR) is 63.9 cm³/mol. The van der Waals surface area contributed by atoms with Gasteiger partial charge in [0.1, 0.15) is 5.75 Å². The second-order valence-electron chi connectivity index (χ2n) is 3.61. The van der Waals surface area contributed by atoms with Gasteiger partial charge in [-0.15, -0.1) is 0 Å². The van der Waals surface area contributed by atoms with Gasteiger partial charge in [-0.3, -0.25) is 4.79 Å². The monoisotopic (exact) mass is 248 g/mol. The molecule has 0 aliphatic carbocycles.